The van der Waals surface area contributed by atoms with Gasteiger partial charge in [0.1, 0.15) is 5.78 Å². The summed E-state index contributed by atoms with van der Waals surface area (Å²) in [6.07, 6.45) is 2.54. The molecule has 9 heteroatoms. The Morgan fingerprint density at radius 1 is 1.21 bits per heavy atom. The summed E-state index contributed by atoms with van der Waals surface area (Å²) >= 11 is 1.20. The second-order valence-electron chi connectivity index (χ2n) is 8.30. The lowest BCUT2D eigenvalue weighted by Gasteiger charge is -2.48. The van der Waals surface area contributed by atoms with E-state index in [-0.39, 0.29) is 34.8 Å². The van der Waals surface area contributed by atoms with Crippen molar-refractivity contribution in [3.8, 4) is 0 Å². The molecule has 1 unspecified atom stereocenters. The second-order valence-corrected chi connectivity index (χ2v) is 9.45. The Hall–Kier alpha value is -1.00. The topological polar surface area (TPSA) is 103 Å². The summed E-state index contributed by atoms with van der Waals surface area (Å²) in [6, 6.07) is 0. The third-order valence-electron chi connectivity index (χ3n) is 4.96. The molecule has 29 heavy (non-hydrogen) atoms. The van der Waals surface area contributed by atoms with Gasteiger partial charge in [-0.25, -0.2) is 0 Å². The number of Topliss-reactive ketones (excluding diaryl/α,β-unsaturated/α-hetero) is 1. The molecule has 2 atom stereocenters. The summed E-state index contributed by atoms with van der Waals surface area (Å²) in [5, 5.41) is 6.64. The summed E-state index contributed by atoms with van der Waals surface area (Å²) in [5.41, 5.74) is -0.177. The highest BCUT2D eigenvalue weighted by Gasteiger charge is 2.50. The molecule has 8 nitrogen and oxygen atoms in total. The van der Waals surface area contributed by atoms with Gasteiger partial charge in [0.05, 0.1) is 19.1 Å². The Morgan fingerprint density at radius 2 is 1.97 bits per heavy atom. The molecule has 0 aromatic heterocycles. The maximum atomic E-state index is 11.7. The number of hydrogen-bond donors (Lipinski definition) is 2. The summed E-state index contributed by atoms with van der Waals surface area (Å²) < 4.78 is 17.3. The number of esters is 1. The van der Waals surface area contributed by atoms with Gasteiger partial charge in [-0.15, -0.1) is 0 Å². The normalized spacial score (nSPS) is 26.3. The van der Waals surface area contributed by atoms with Crippen molar-refractivity contribution in [2.24, 2.45) is 5.41 Å². The SMILES string of the molecule is CC(=O)CC(=O)SCCNCCCNC[C@@H]1OC2(CCCC(=O)O2)OCC1(C)C. The third-order valence-corrected chi connectivity index (χ3v) is 5.84. The average molecular weight is 431 g/mol. The molecule has 0 aliphatic carbocycles. The molecule has 1 spiro atoms. The average Bonchev–Trinajstić information content (AvgIpc) is 2.63. The zero-order chi connectivity index (χ0) is 21.3. The molecule has 0 aromatic rings. The minimum absolute atomic E-state index is 0.0136. The Labute approximate surface area is 177 Å². The molecule has 2 aliphatic heterocycles. The van der Waals surface area contributed by atoms with Gasteiger partial charge in [0.15, 0.2) is 5.12 Å². The van der Waals surface area contributed by atoms with Crippen molar-refractivity contribution in [1.82, 2.24) is 10.6 Å². The van der Waals surface area contributed by atoms with Crippen molar-refractivity contribution in [2.75, 3.05) is 38.5 Å². The molecule has 2 aliphatic rings. The number of rotatable bonds is 11. The van der Waals surface area contributed by atoms with Crippen molar-refractivity contribution in [3.05, 3.63) is 0 Å². The number of thioether (sulfide) groups is 1. The van der Waals surface area contributed by atoms with Crippen LogP contribution in [0.5, 0.6) is 0 Å². The summed E-state index contributed by atoms with van der Waals surface area (Å²) in [6.45, 7) is 9.14. The summed E-state index contributed by atoms with van der Waals surface area (Å²) in [4.78, 5) is 33.9. The Morgan fingerprint density at radius 3 is 2.69 bits per heavy atom. The van der Waals surface area contributed by atoms with Crippen LogP contribution < -0.4 is 10.6 Å². The van der Waals surface area contributed by atoms with Crippen molar-refractivity contribution in [1.29, 1.82) is 0 Å². The van der Waals surface area contributed by atoms with E-state index in [9.17, 15) is 14.4 Å². The van der Waals surface area contributed by atoms with Gasteiger partial charge in [0.2, 0.25) is 0 Å². The molecular weight excluding hydrogens is 396 g/mol. The fourth-order valence-corrected chi connectivity index (χ4v) is 3.99. The molecule has 2 rings (SSSR count). The number of hydrogen-bond acceptors (Lipinski definition) is 9. The first-order valence-corrected chi connectivity index (χ1v) is 11.3. The first-order valence-electron chi connectivity index (χ1n) is 10.3. The monoisotopic (exact) mass is 430 g/mol. The van der Waals surface area contributed by atoms with Crippen molar-refractivity contribution in [3.63, 3.8) is 0 Å². The van der Waals surface area contributed by atoms with Crippen LogP contribution in [-0.4, -0.2) is 67.5 Å². The van der Waals surface area contributed by atoms with Crippen LogP contribution in [0, 0.1) is 5.41 Å². The Balaban J connectivity index is 1.58. The van der Waals surface area contributed by atoms with E-state index >= 15 is 0 Å². The minimum Gasteiger partial charge on any atom is -0.408 e. The second kappa shape index (κ2) is 11.4. The predicted molar refractivity (Wildman–Crippen MR) is 110 cm³/mol. The molecule has 2 fully saturated rings. The lowest BCUT2D eigenvalue weighted by atomic mass is 9.86. The van der Waals surface area contributed by atoms with E-state index in [4.69, 9.17) is 14.2 Å². The molecular formula is C20H34N2O6S. The highest BCUT2D eigenvalue weighted by atomic mass is 32.2. The fraction of sp³-hybridized carbons (Fsp3) is 0.850. The minimum atomic E-state index is -1.21. The van der Waals surface area contributed by atoms with Crippen LogP contribution in [0.25, 0.3) is 0 Å². The van der Waals surface area contributed by atoms with Gasteiger partial charge in [-0.2, -0.15) is 0 Å². The number of ketones is 1. The van der Waals surface area contributed by atoms with Crippen molar-refractivity contribution < 1.29 is 28.6 Å². The van der Waals surface area contributed by atoms with Gasteiger partial charge in [-0.1, -0.05) is 25.6 Å². The fourth-order valence-electron chi connectivity index (χ4n) is 3.21. The molecule has 0 aromatic carbocycles. The highest BCUT2D eigenvalue weighted by Crippen LogP contribution is 2.40. The summed E-state index contributed by atoms with van der Waals surface area (Å²) in [5.74, 6) is -0.901. The lowest BCUT2D eigenvalue weighted by molar-refractivity contribution is -0.427. The standard InChI is InChI=1S/C20H34N2O6S/c1-15(23)12-18(25)29-11-10-21-8-5-9-22-13-16-19(2,3)14-26-20(27-16)7-4-6-17(24)28-20/h16,21-22H,4-14H2,1-3H3/t16-,20?/m0/s1. The smallest absolute Gasteiger partial charge is 0.329 e. The zero-order valence-electron chi connectivity index (χ0n) is 17.7. The predicted octanol–water partition coefficient (Wildman–Crippen LogP) is 1.62. The molecule has 0 bridgehead atoms. The first kappa shape index (κ1) is 24.3. The van der Waals surface area contributed by atoms with Gasteiger partial charge in [-0.3, -0.25) is 14.4 Å². The van der Waals surface area contributed by atoms with Gasteiger partial charge in [-0.05, 0) is 32.9 Å². The van der Waals surface area contributed by atoms with Crippen LogP contribution in [-0.2, 0) is 28.6 Å². The van der Waals surface area contributed by atoms with E-state index < -0.39 is 5.97 Å². The van der Waals surface area contributed by atoms with Crippen LogP contribution in [0.1, 0.15) is 52.9 Å². The highest BCUT2D eigenvalue weighted by molar-refractivity contribution is 8.13. The largest absolute Gasteiger partial charge is 0.408 e. The zero-order valence-corrected chi connectivity index (χ0v) is 18.5. The third kappa shape index (κ3) is 8.33. The molecule has 2 saturated heterocycles. The molecule has 2 heterocycles. The van der Waals surface area contributed by atoms with E-state index in [0.29, 0.717) is 38.2 Å². The molecule has 166 valence electrons. The maximum absolute atomic E-state index is 11.7. The van der Waals surface area contributed by atoms with Crippen LogP contribution in [0.2, 0.25) is 0 Å². The maximum Gasteiger partial charge on any atom is 0.329 e. The van der Waals surface area contributed by atoms with E-state index in [1.807, 2.05) is 0 Å². The molecule has 0 radical (unpaired) electrons. The number of carbonyl (C=O) groups excluding carboxylic acids is 3. The Kier molecular flexibility index (Phi) is 9.55. The van der Waals surface area contributed by atoms with Gasteiger partial charge >= 0.3 is 11.9 Å². The molecule has 2 N–H and O–H groups in total. The molecule has 0 amide bonds. The van der Waals surface area contributed by atoms with Gasteiger partial charge in [0.25, 0.3) is 0 Å². The van der Waals surface area contributed by atoms with E-state index in [1.54, 1.807) is 0 Å². The van der Waals surface area contributed by atoms with Crippen LogP contribution >= 0.6 is 11.8 Å². The van der Waals surface area contributed by atoms with E-state index in [0.717, 1.165) is 26.1 Å². The van der Waals surface area contributed by atoms with Gasteiger partial charge in [0, 0.05) is 37.1 Å². The van der Waals surface area contributed by atoms with Crippen molar-refractivity contribution in [2.45, 2.75) is 65.0 Å². The van der Waals surface area contributed by atoms with Gasteiger partial charge < -0.3 is 24.8 Å². The van der Waals surface area contributed by atoms with Crippen LogP contribution in [0.3, 0.4) is 0 Å². The lowest BCUT2D eigenvalue weighted by Crippen LogP contribution is -2.58. The van der Waals surface area contributed by atoms with Crippen LogP contribution in [0.15, 0.2) is 0 Å². The quantitative estimate of drug-likeness (QED) is 0.287. The van der Waals surface area contributed by atoms with Crippen LogP contribution in [0.4, 0.5) is 0 Å². The number of nitrogens with one attached hydrogen (secondary N) is 2. The molecule has 0 saturated carbocycles. The number of carbonyl (C=O) groups is 3. The first-order chi connectivity index (χ1) is 13.7. The van der Waals surface area contributed by atoms with E-state index in [2.05, 4.69) is 24.5 Å². The van der Waals surface area contributed by atoms with E-state index in [1.165, 1.54) is 18.7 Å². The van der Waals surface area contributed by atoms with Crippen molar-refractivity contribution >= 4 is 28.6 Å². The number of ether oxygens (including phenoxy) is 3. The summed E-state index contributed by atoms with van der Waals surface area (Å²) in [7, 11) is 0. The Bertz CT molecular complexity index is 585.